The molecule has 33 heavy (non-hydrogen) atoms. The van der Waals surface area contributed by atoms with Crippen molar-refractivity contribution in [1.29, 1.82) is 0 Å². The van der Waals surface area contributed by atoms with Gasteiger partial charge in [-0.1, -0.05) is 23.7 Å². The van der Waals surface area contributed by atoms with E-state index in [2.05, 4.69) is 4.98 Å². The van der Waals surface area contributed by atoms with E-state index in [0.717, 1.165) is 23.2 Å². The lowest BCUT2D eigenvalue weighted by atomic mass is 10.1. The Labute approximate surface area is 200 Å². The smallest absolute Gasteiger partial charge is 0.338 e. The third kappa shape index (κ3) is 4.96. The molecule has 1 aliphatic rings. The first-order chi connectivity index (χ1) is 15.8. The van der Waals surface area contributed by atoms with E-state index >= 15 is 0 Å². The van der Waals surface area contributed by atoms with Crippen molar-refractivity contribution < 1.29 is 23.8 Å². The third-order valence-corrected chi connectivity index (χ3v) is 6.41. The van der Waals surface area contributed by atoms with E-state index < -0.39 is 5.97 Å². The lowest BCUT2D eigenvalue weighted by molar-refractivity contribution is -0.115. The van der Waals surface area contributed by atoms with Crippen LogP contribution in [0.15, 0.2) is 35.7 Å². The van der Waals surface area contributed by atoms with Gasteiger partial charge in [0, 0.05) is 18.7 Å². The first-order valence-electron chi connectivity index (χ1n) is 10.4. The predicted octanol–water partition coefficient (Wildman–Crippen LogP) is 5.62. The van der Waals surface area contributed by atoms with Crippen LogP contribution < -0.4 is 14.4 Å². The number of anilines is 2. The van der Waals surface area contributed by atoms with E-state index in [-0.39, 0.29) is 18.1 Å². The van der Waals surface area contributed by atoms with E-state index in [9.17, 15) is 9.59 Å². The van der Waals surface area contributed by atoms with Crippen LogP contribution >= 0.6 is 22.9 Å². The standard InChI is InChI=1S/C24H23ClN2O5S/c1-14-6-4-7-20(15(14)2)27(16(3)28)24-26-18(13-33-24)12-32-23(29)17-10-19(25)22-21(11-17)30-8-5-9-31-22/h4,6-7,10-11,13H,5,8-9,12H2,1-3H3. The summed E-state index contributed by atoms with van der Waals surface area (Å²) in [6.07, 6.45) is 0.732. The minimum atomic E-state index is -0.556. The van der Waals surface area contributed by atoms with E-state index in [1.165, 1.54) is 24.3 Å². The number of amides is 1. The molecular weight excluding hydrogens is 464 g/mol. The van der Waals surface area contributed by atoms with Crippen LogP contribution in [0.3, 0.4) is 0 Å². The Bertz CT molecular complexity index is 1210. The summed E-state index contributed by atoms with van der Waals surface area (Å²) in [5.41, 5.74) is 3.67. The van der Waals surface area contributed by atoms with Gasteiger partial charge in [-0.2, -0.15) is 0 Å². The molecule has 1 aliphatic heterocycles. The number of nitrogens with zero attached hydrogens (tertiary/aromatic N) is 2. The molecular formula is C24H23ClN2O5S. The van der Waals surface area contributed by atoms with Gasteiger partial charge in [0.25, 0.3) is 0 Å². The van der Waals surface area contributed by atoms with Crippen LogP contribution in [0.2, 0.25) is 5.02 Å². The molecule has 0 fully saturated rings. The summed E-state index contributed by atoms with van der Waals surface area (Å²) < 4.78 is 16.7. The number of carbonyl (C=O) groups excluding carboxylic acids is 2. The van der Waals surface area contributed by atoms with Crippen molar-refractivity contribution in [2.45, 2.75) is 33.8 Å². The molecule has 0 unspecified atom stereocenters. The van der Waals surface area contributed by atoms with Crippen molar-refractivity contribution in [2.24, 2.45) is 0 Å². The number of hydrogen-bond acceptors (Lipinski definition) is 7. The zero-order valence-electron chi connectivity index (χ0n) is 18.5. The van der Waals surface area contributed by atoms with Crippen LogP contribution in [-0.4, -0.2) is 30.1 Å². The van der Waals surface area contributed by atoms with Gasteiger partial charge in [0.2, 0.25) is 5.91 Å². The number of aryl methyl sites for hydroxylation is 1. The molecule has 7 nitrogen and oxygen atoms in total. The van der Waals surface area contributed by atoms with E-state index in [4.69, 9.17) is 25.8 Å². The Morgan fingerprint density at radius 1 is 1.21 bits per heavy atom. The van der Waals surface area contributed by atoms with Gasteiger partial charge < -0.3 is 14.2 Å². The maximum atomic E-state index is 12.6. The SMILES string of the molecule is CC(=O)N(c1nc(COC(=O)c2cc(Cl)c3c(c2)OCCCO3)cs1)c1cccc(C)c1C. The second-order valence-electron chi connectivity index (χ2n) is 7.61. The number of esters is 1. The summed E-state index contributed by atoms with van der Waals surface area (Å²) in [7, 11) is 0. The van der Waals surface area contributed by atoms with Gasteiger partial charge in [-0.05, 0) is 43.2 Å². The molecule has 1 aromatic heterocycles. The average molecular weight is 487 g/mol. The Hall–Kier alpha value is -3.10. The van der Waals surface area contributed by atoms with Crippen molar-refractivity contribution in [3.05, 3.63) is 63.1 Å². The van der Waals surface area contributed by atoms with E-state index in [1.54, 1.807) is 16.3 Å². The minimum absolute atomic E-state index is 0.0417. The third-order valence-electron chi connectivity index (χ3n) is 5.25. The highest BCUT2D eigenvalue weighted by atomic mass is 35.5. The van der Waals surface area contributed by atoms with Crippen molar-refractivity contribution in [3.63, 3.8) is 0 Å². The molecule has 0 saturated carbocycles. The van der Waals surface area contributed by atoms with Crippen LogP contribution in [0, 0.1) is 13.8 Å². The fourth-order valence-electron chi connectivity index (χ4n) is 3.42. The zero-order chi connectivity index (χ0) is 23.5. The molecule has 0 saturated heterocycles. The number of carbonyl (C=O) groups is 2. The Balaban J connectivity index is 1.49. The average Bonchev–Trinajstić information content (AvgIpc) is 3.10. The number of aromatic nitrogens is 1. The minimum Gasteiger partial charge on any atom is -0.489 e. The summed E-state index contributed by atoms with van der Waals surface area (Å²) >= 11 is 7.58. The monoisotopic (exact) mass is 486 g/mol. The van der Waals surface area contributed by atoms with Crippen LogP contribution in [-0.2, 0) is 16.1 Å². The number of rotatable bonds is 5. The predicted molar refractivity (Wildman–Crippen MR) is 127 cm³/mol. The number of benzene rings is 2. The molecule has 1 amide bonds. The highest BCUT2D eigenvalue weighted by Crippen LogP contribution is 2.38. The molecule has 0 radical (unpaired) electrons. The van der Waals surface area contributed by atoms with Crippen LogP contribution in [0.1, 0.15) is 40.5 Å². The normalized spacial score (nSPS) is 12.7. The largest absolute Gasteiger partial charge is 0.489 e. The van der Waals surface area contributed by atoms with Crippen molar-refractivity contribution in [3.8, 4) is 11.5 Å². The summed E-state index contributed by atoms with van der Waals surface area (Å²) in [6.45, 7) is 6.41. The molecule has 0 atom stereocenters. The number of hydrogen-bond donors (Lipinski definition) is 0. The van der Waals surface area contributed by atoms with Crippen LogP contribution in [0.5, 0.6) is 11.5 Å². The number of ether oxygens (including phenoxy) is 3. The molecule has 2 aromatic carbocycles. The van der Waals surface area contributed by atoms with Crippen molar-refractivity contribution >= 4 is 45.6 Å². The maximum Gasteiger partial charge on any atom is 0.338 e. The second-order valence-corrected chi connectivity index (χ2v) is 8.85. The molecule has 0 N–H and O–H groups in total. The highest BCUT2D eigenvalue weighted by Gasteiger charge is 2.22. The van der Waals surface area contributed by atoms with Gasteiger partial charge in [-0.3, -0.25) is 9.69 Å². The lowest BCUT2D eigenvalue weighted by Gasteiger charge is -2.21. The second kappa shape index (κ2) is 9.80. The summed E-state index contributed by atoms with van der Waals surface area (Å²) in [5, 5.41) is 2.58. The highest BCUT2D eigenvalue weighted by molar-refractivity contribution is 7.14. The Kier molecular flexibility index (Phi) is 6.85. The topological polar surface area (TPSA) is 78.0 Å². The number of halogens is 1. The van der Waals surface area contributed by atoms with Gasteiger partial charge in [0.05, 0.1) is 35.2 Å². The summed E-state index contributed by atoms with van der Waals surface area (Å²) in [5.74, 6) is 0.155. The number of fused-ring (bicyclic) bond motifs is 1. The first kappa shape index (κ1) is 23.1. The first-order valence-corrected chi connectivity index (χ1v) is 11.7. The quantitative estimate of drug-likeness (QED) is 0.436. The molecule has 0 spiro atoms. The lowest BCUT2D eigenvalue weighted by Crippen LogP contribution is -2.23. The van der Waals surface area contributed by atoms with E-state index in [0.29, 0.717) is 40.6 Å². The molecule has 0 aliphatic carbocycles. The van der Waals surface area contributed by atoms with Gasteiger partial charge in [-0.15, -0.1) is 11.3 Å². The maximum absolute atomic E-state index is 12.6. The van der Waals surface area contributed by atoms with Gasteiger partial charge in [0.1, 0.15) is 6.61 Å². The molecule has 3 aromatic rings. The fourth-order valence-corrected chi connectivity index (χ4v) is 4.55. The molecule has 4 rings (SSSR count). The molecule has 9 heteroatoms. The molecule has 172 valence electrons. The van der Waals surface area contributed by atoms with Crippen molar-refractivity contribution in [2.75, 3.05) is 18.1 Å². The number of thiazole rings is 1. The van der Waals surface area contributed by atoms with Crippen LogP contribution in [0.25, 0.3) is 0 Å². The summed E-state index contributed by atoms with van der Waals surface area (Å²) in [6, 6.07) is 8.86. The van der Waals surface area contributed by atoms with Crippen LogP contribution in [0.4, 0.5) is 10.8 Å². The van der Waals surface area contributed by atoms with Gasteiger partial charge in [0.15, 0.2) is 16.6 Å². The summed E-state index contributed by atoms with van der Waals surface area (Å²) in [4.78, 5) is 31.1. The van der Waals surface area contributed by atoms with Gasteiger partial charge in [-0.25, -0.2) is 9.78 Å². The fraction of sp³-hybridized carbons (Fsp3) is 0.292. The van der Waals surface area contributed by atoms with Crippen molar-refractivity contribution in [1.82, 2.24) is 4.98 Å². The molecule has 2 heterocycles. The Morgan fingerprint density at radius 3 is 2.79 bits per heavy atom. The Morgan fingerprint density at radius 2 is 2.00 bits per heavy atom. The van der Waals surface area contributed by atoms with Gasteiger partial charge >= 0.3 is 5.97 Å². The van der Waals surface area contributed by atoms with E-state index in [1.807, 2.05) is 32.0 Å². The molecule has 0 bridgehead atoms. The zero-order valence-corrected chi connectivity index (χ0v) is 20.1.